The predicted molar refractivity (Wildman–Crippen MR) is 107 cm³/mol. The molecular formula is C21H26N2O3S. The Hall–Kier alpha value is -2.34. The monoisotopic (exact) mass is 386 g/mol. The summed E-state index contributed by atoms with van der Waals surface area (Å²) < 4.78 is 5.25. The van der Waals surface area contributed by atoms with E-state index < -0.39 is 0 Å². The minimum Gasteiger partial charge on any atom is -0.497 e. The van der Waals surface area contributed by atoms with Gasteiger partial charge in [0.15, 0.2) is 0 Å². The molecule has 1 aromatic heterocycles. The summed E-state index contributed by atoms with van der Waals surface area (Å²) >= 11 is 1.73. The molecule has 1 aliphatic heterocycles. The third-order valence-electron chi connectivity index (χ3n) is 5.00. The number of piperidine rings is 1. The molecule has 3 rings (SSSR count). The maximum atomic E-state index is 12.6. The number of thiophene rings is 1. The molecule has 6 heteroatoms. The molecule has 27 heavy (non-hydrogen) atoms. The third kappa shape index (κ3) is 5.10. The van der Waals surface area contributed by atoms with Crippen molar-refractivity contribution in [3.05, 3.63) is 51.7 Å². The second-order valence-electron chi connectivity index (χ2n) is 6.93. The van der Waals surface area contributed by atoms with Crippen LogP contribution in [0, 0.1) is 12.8 Å². The molecule has 0 bridgehead atoms. The summed E-state index contributed by atoms with van der Waals surface area (Å²) in [5.41, 5.74) is 2.29. The molecule has 2 aromatic rings. The number of methoxy groups -OCH3 is 1. The first-order chi connectivity index (χ1) is 13.1. The number of amides is 2. The molecule has 1 aromatic carbocycles. The van der Waals surface area contributed by atoms with Crippen molar-refractivity contribution in [1.82, 2.24) is 10.2 Å². The Labute approximate surface area is 164 Å². The molecule has 1 aliphatic rings. The van der Waals surface area contributed by atoms with Gasteiger partial charge >= 0.3 is 0 Å². The van der Waals surface area contributed by atoms with Crippen molar-refractivity contribution in [2.75, 3.05) is 20.2 Å². The first kappa shape index (κ1) is 19.4. The maximum absolute atomic E-state index is 12.6. The van der Waals surface area contributed by atoms with Crippen molar-refractivity contribution in [3.63, 3.8) is 0 Å². The number of likely N-dealkylation sites (tertiary alicyclic amines) is 1. The zero-order valence-corrected chi connectivity index (χ0v) is 16.7. The fourth-order valence-electron chi connectivity index (χ4n) is 3.38. The van der Waals surface area contributed by atoms with Crippen LogP contribution in [0.1, 0.15) is 28.8 Å². The first-order valence-electron chi connectivity index (χ1n) is 9.28. The molecule has 1 atom stereocenters. The van der Waals surface area contributed by atoms with E-state index in [1.165, 1.54) is 10.4 Å². The van der Waals surface area contributed by atoms with E-state index in [0.29, 0.717) is 32.5 Å². The van der Waals surface area contributed by atoms with Crippen molar-refractivity contribution in [1.29, 1.82) is 0 Å². The van der Waals surface area contributed by atoms with Gasteiger partial charge in [0.2, 0.25) is 11.8 Å². The number of hydrogen-bond donors (Lipinski definition) is 1. The van der Waals surface area contributed by atoms with Crippen molar-refractivity contribution < 1.29 is 14.3 Å². The number of ether oxygens (including phenoxy) is 1. The van der Waals surface area contributed by atoms with Crippen molar-refractivity contribution in [2.24, 2.45) is 5.92 Å². The third-order valence-corrected chi connectivity index (χ3v) is 6.08. The zero-order chi connectivity index (χ0) is 19.2. The van der Waals surface area contributed by atoms with Crippen LogP contribution in [0.25, 0.3) is 0 Å². The van der Waals surface area contributed by atoms with Gasteiger partial charge in [-0.25, -0.2) is 0 Å². The smallest absolute Gasteiger partial charge is 0.224 e. The minimum absolute atomic E-state index is 0.0485. The van der Waals surface area contributed by atoms with E-state index in [0.717, 1.165) is 17.7 Å². The molecule has 0 saturated carbocycles. The molecule has 144 valence electrons. The summed E-state index contributed by atoms with van der Waals surface area (Å²) in [4.78, 5) is 27.9. The Morgan fingerprint density at radius 1 is 1.37 bits per heavy atom. The highest BCUT2D eigenvalue weighted by Crippen LogP contribution is 2.22. The maximum Gasteiger partial charge on any atom is 0.224 e. The summed E-state index contributed by atoms with van der Waals surface area (Å²) in [5, 5.41) is 5.12. The van der Waals surface area contributed by atoms with Gasteiger partial charge in [0.25, 0.3) is 0 Å². The van der Waals surface area contributed by atoms with Crippen LogP contribution in [0.2, 0.25) is 0 Å². The number of nitrogens with one attached hydrogen (secondary N) is 1. The Bertz CT molecular complexity index is 802. The van der Waals surface area contributed by atoms with Gasteiger partial charge < -0.3 is 15.0 Å². The minimum atomic E-state index is -0.141. The van der Waals surface area contributed by atoms with E-state index in [4.69, 9.17) is 4.74 Å². The second kappa shape index (κ2) is 9.04. The van der Waals surface area contributed by atoms with Gasteiger partial charge in [-0.3, -0.25) is 9.59 Å². The van der Waals surface area contributed by atoms with Crippen LogP contribution >= 0.6 is 11.3 Å². The van der Waals surface area contributed by atoms with E-state index in [1.54, 1.807) is 23.3 Å². The zero-order valence-electron chi connectivity index (χ0n) is 15.9. The number of rotatable bonds is 7. The van der Waals surface area contributed by atoms with Crippen molar-refractivity contribution >= 4 is 23.2 Å². The lowest BCUT2D eigenvalue weighted by Crippen LogP contribution is -2.45. The van der Waals surface area contributed by atoms with E-state index >= 15 is 0 Å². The summed E-state index contributed by atoms with van der Waals surface area (Å²) in [5.74, 6) is 0.788. The van der Waals surface area contributed by atoms with Gasteiger partial charge in [-0.15, -0.1) is 11.3 Å². The fourth-order valence-corrected chi connectivity index (χ4v) is 4.29. The quantitative estimate of drug-likeness (QED) is 0.795. The predicted octanol–water partition coefficient (Wildman–Crippen LogP) is 3.16. The molecule has 0 aliphatic carbocycles. The van der Waals surface area contributed by atoms with Gasteiger partial charge in [-0.1, -0.05) is 12.1 Å². The summed E-state index contributed by atoms with van der Waals surface area (Å²) in [7, 11) is 1.63. The molecule has 0 radical (unpaired) electrons. The average molecular weight is 387 g/mol. The highest BCUT2D eigenvalue weighted by Gasteiger charge is 2.30. The Morgan fingerprint density at radius 3 is 2.96 bits per heavy atom. The van der Waals surface area contributed by atoms with Crippen LogP contribution in [0.3, 0.4) is 0 Å². The summed E-state index contributed by atoms with van der Waals surface area (Å²) in [6.45, 7) is 3.71. The number of carbonyl (C=O) groups is 2. The van der Waals surface area contributed by atoms with Gasteiger partial charge in [0.05, 0.1) is 13.0 Å². The van der Waals surface area contributed by atoms with Crippen LogP contribution in [0.15, 0.2) is 35.7 Å². The van der Waals surface area contributed by atoms with Gasteiger partial charge in [-0.2, -0.15) is 0 Å². The molecular weight excluding hydrogens is 360 g/mol. The summed E-state index contributed by atoms with van der Waals surface area (Å²) in [6, 6.07) is 9.81. The Kier molecular flexibility index (Phi) is 6.50. The topological polar surface area (TPSA) is 58.6 Å². The van der Waals surface area contributed by atoms with Crippen molar-refractivity contribution in [3.8, 4) is 5.75 Å². The van der Waals surface area contributed by atoms with Crippen LogP contribution in [-0.4, -0.2) is 36.9 Å². The van der Waals surface area contributed by atoms with Gasteiger partial charge in [0, 0.05) is 30.9 Å². The summed E-state index contributed by atoms with van der Waals surface area (Å²) in [6.07, 6.45) is 1.90. The lowest BCUT2D eigenvalue weighted by atomic mass is 9.96. The number of carbonyl (C=O) groups excluding carboxylic acids is 2. The number of aryl methyl sites for hydroxylation is 1. The first-order valence-corrected chi connectivity index (χ1v) is 10.2. The average Bonchev–Trinajstić information content (AvgIpc) is 3.08. The van der Waals surface area contributed by atoms with E-state index in [-0.39, 0.29) is 17.7 Å². The van der Waals surface area contributed by atoms with E-state index in [9.17, 15) is 9.59 Å². The number of nitrogens with zero attached hydrogens (tertiary/aromatic N) is 1. The fraction of sp³-hybridized carbons (Fsp3) is 0.429. The normalized spacial score (nSPS) is 17.0. The molecule has 1 N–H and O–H groups in total. The molecule has 1 fully saturated rings. The van der Waals surface area contributed by atoms with Gasteiger partial charge in [-0.05, 0) is 54.5 Å². The van der Waals surface area contributed by atoms with Crippen LogP contribution in [0.4, 0.5) is 0 Å². The Morgan fingerprint density at radius 2 is 2.22 bits per heavy atom. The lowest BCUT2D eigenvalue weighted by molar-refractivity contribution is -0.138. The number of hydrogen-bond acceptors (Lipinski definition) is 4. The molecule has 2 heterocycles. The molecule has 5 nitrogen and oxygen atoms in total. The molecule has 1 saturated heterocycles. The standard InChI is InChI=1S/C21H26N2O3S/c1-15-9-11-27-19(15)8-10-22-21(25)17-6-7-20(24)23(14-17)13-16-4-3-5-18(12-16)26-2/h3-5,9,11-12,17H,6-8,10,13-14H2,1-2H3,(H,22,25). The SMILES string of the molecule is COc1cccc(CN2CC(C(=O)NCCc3sccc3C)CCC2=O)c1. The van der Waals surface area contributed by atoms with E-state index in [1.807, 2.05) is 24.3 Å². The van der Waals surface area contributed by atoms with Gasteiger partial charge in [0.1, 0.15) is 5.75 Å². The molecule has 2 amide bonds. The highest BCUT2D eigenvalue weighted by molar-refractivity contribution is 7.10. The van der Waals surface area contributed by atoms with Crippen LogP contribution < -0.4 is 10.1 Å². The highest BCUT2D eigenvalue weighted by atomic mass is 32.1. The second-order valence-corrected chi connectivity index (χ2v) is 7.93. The van der Waals surface area contributed by atoms with Crippen LogP contribution in [0.5, 0.6) is 5.75 Å². The molecule has 0 spiro atoms. The largest absolute Gasteiger partial charge is 0.497 e. The van der Waals surface area contributed by atoms with E-state index in [2.05, 4.69) is 23.7 Å². The Balaban J connectivity index is 1.53. The molecule has 1 unspecified atom stereocenters. The number of benzene rings is 1. The lowest BCUT2D eigenvalue weighted by Gasteiger charge is -2.32. The van der Waals surface area contributed by atoms with Crippen molar-refractivity contribution in [2.45, 2.75) is 32.7 Å². The van der Waals surface area contributed by atoms with Crippen LogP contribution in [-0.2, 0) is 22.6 Å².